The number of hydrogen-bond acceptors (Lipinski definition) is 6. The fourth-order valence-electron chi connectivity index (χ4n) is 2.14. The van der Waals surface area contributed by atoms with Crippen LogP contribution in [0.25, 0.3) is 0 Å². The monoisotopic (exact) mass is 320 g/mol. The molecule has 1 fully saturated rings. The zero-order valence-corrected chi connectivity index (χ0v) is 13.3. The van der Waals surface area contributed by atoms with E-state index < -0.39 is 10.0 Å². The topological polar surface area (TPSA) is 78.9 Å². The highest BCUT2D eigenvalue weighted by molar-refractivity contribution is 7.89. The van der Waals surface area contributed by atoms with Gasteiger partial charge in [-0.1, -0.05) is 0 Å². The van der Waals surface area contributed by atoms with Gasteiger partial charge in [-0.3, -0.25) is 0 Å². The number of aliphatic hydroxyl groups is 1. The molecule has 1 aliphatic rings. The van der Waals surface area contributed by atoms with Crippen LogP contribution in [0.2, 0.25) is 0 Å². The molecule has 0 amide bonds. The molecule has 0 bridgehead atoms. The molecule has 1 aromatic rings. The number of morpholine rings is 1. The van der Waals surface area contributed by atoms with E-state index in [0.29, 0.717) is 22.9 Å². The third-order valence-electron chi connectivity index (χ3n) is 3.21. The van der Waals surface area contributed by atoms with E-state index in [0.717, 1.165) is 6.54 Å². The smallest absolute Gasteiger partial charge is 0.241 e. The number of nitrogens with zero attached hydrogens (tertiary/aromatic N) is 1. The van der Waals surface area contributed by atoms with Gasteiger partial charge in [-0.05, 0) is 20.0 Å². The lowest BCUT2D eigenvalue weighted by molar-refractivity contribution is -0.0156. The van der Waals surface area contributed by atoms with Crippen molar-refractivity contribution in [1.82, 2.24) is 9.62 Å². The predicted octanol–water partition coefficient (Wildman–Crippen LogP) is 0.158. The Labute approximate surface area is 123 Å². The standard InChI is InChI=1S/C12H20N2O4S2/c1-9-12(5-11(8-15)19-9)20(16,17)13-6-10-7-14(2)3-4-18-10/h5,10,13,15H,3-4,6-8H2,1-2H3. The summed E-state index contributed by atoms with van der Waals surface area (Å²) in [5.74, 6) is 0. The van der Waals surface area contributed by atoms with Gasteiger partial charge in [-0.2, -0.15) is 0 Å². The first-order valence-corrected chi connectivity index (χ1v) is 8.72. The summed E-state index contributed by atoms with van der Waals surface area (Å²) in [4.78, 5) is 3.69. The normalized spacial score (nSPS) is 21.2. The molecule has 8 heteroatoms. The van der Waals surface area contributed by atoms with E-state index in [-0.39, 0.29) is 24.2 Å². The summed E-state index contributed by atoms with van der Waals surface area (Å²) in [6, 6.07) is 1.52. The van der Waals surface area contributed by atoms with Crippen LogP contribution in [0.1, 0.15) is 9.75 Å². The maximum Gasteiger partial charge on any atom is 0.241 e. The lowest BCUT2D eigenvalue weighted by atomic mass is 10.3. The van der Waals surface area contributed by atoms with Gasteiger partial charge in [-0.25, -0.2) is 13.1 Å². The van der Waals surface area contributed by atoms with Crippen LogP contribution in [0.5, 0.6) is 0 Å². The van der Waals surface area contributed by atoms with Crippen LogP contribution in [0, 0.1) is 6.92 Å². The maximum absolute atomic E-state index is 12.3. The van der Waals surface area contributed by atoms with Gasteiger partial charge in [0.15, 0.2) is 0 Å². The highest BCUT2D eigenvalue weighted by Crippen LogP contribution is 2.25. The fourth-order valence-corrected chi connectivity index (χ4v) is 4.70. The molecule has 2 rings (SSSR count). The second kappa shape index (κ2) is 6.50. The second-order valence-corrected chi connectivity index (χ2v) is 7.97. The Kier molecular flexibility index (Phi) is 5.16. The Balaban J connectivity index is 2.01. The molecule has 0 aliphatic carbocycles. The predicted molar refractivity (Wildman–Crippen MR) is 77.4 cm³/mol. The third-order valence-corrected chi connectivity index (χ3v) is 5.93. The van der Waals surface area contributed by atoms with E-state index in [1.807, 2.05) is 7.05 Å². The molecule has 114 valence electrons. The number of ether oxygens (including phenoxy) is 1. The fraction of sp³-hybridized carbons (Fsp3) is 0.667. The van der Waals surface area contributed by atoms with Crippen LogP contribution in [-0.4, -0.2) is 57.8 Å². The van der Waals surface area contributed by atoms with Crippen molar-refractivity contribution in [1.29, 1.82) is 0 Å². The summed E-state index contributed by atoms with van der Waals surface area (Å²) < 4.78 is 32.6. The number of sulfonamides is 1. The number of hydrogen-bond donors (Lipinski definition) is 2. The molecule has 0 radical (unpaired) electrons. The average molecular weight is 320 g/mol. The second-order valence-electron chi connectivity index (χ2n) is 4.90. The lowest BCUT2D eigenvalue weighted by Crippen LogP contribution is -2.45. The Morgan fingerprint density at radius 2 is 2.35 bits per heavy atom. The van der Waals surface area contributed by atoms with Crippen molar-refractivity contribution in [2.24, 2.45) is 0 Å². The molecule has 1 aliphatic heterocycles. The van der Waals surface area contributed by atoms with Gasteiger partial charge in [0.2, 0.25) is 10.0 Å². The van der Waals surface area contributed by atoms with Gasteiger partial charge in [0.25, 0.3) is 0 Å². The average Bonchev–Trinajstić information content (AvgIpc) is 2.79. The number of aliphatic hydroxyl groups excluding tert-OH is 1. The summed E-state index contributed by atoms with van der Waals surface area (Å²) in [5.41, 5.74) is 0. The van der Waals surface area contributed by atoms with Gasteiger partial charge in [0.1, 0.15) is 0 Å². The summed E-state index contributed by atoms with van der Waals surface area (Å²) in [6.07, 6.45) is -0.125. The highest BCUT2D eigenvalue weighted by Gasteiger charge is 2.23. The van der Waals surface area contributed by atoms with Crippen molar-refractivity contribution in [2.45, 2.75) is 24.5 Å². The Bertz CT molecular complexity index is 556. The number of aryl methyl sites for hydroxylation is 1. The van der Waals surface area contributed by atoms with E-state index in [1.54, 1.807) is 6.92 Å². The Morgan fingerprint density at radius 1 is 1.60 bits per heavy atom. The quantitative estimate of drug-likeness (QED) is 0.808. The molecule has 0 saturated carbocycles. The van der Waals surface area contributed by atoms with Crippen molar-refractivity contribution >= 4 is 21.4 Å². The molecule has 2 N–H and O–H groups in total. The van der Waals surface area contributed by atoms with Crippen LogP contribution in [-0.2, 0) is 21.4 Å². The molecule has 1 atom stereocenters. The van der Waals surface area contributed by atoms with Gasteiger partial charge in [0.05, 0.1) is 24.2 Å². The van der Waals surface area contributed by atoms with Crippen LogP contribution < -0.4 is 4.72 Å². The molecular weight excluding hydrogens is 300 g/mol. The van der Waals surface area contributed by atoms with E-state index >= 15 is 0 Å². The van der Waals surface area contributed by atoms with Crippen molar-refractivity contribution < 1.29 is 18.3 Å². The van der Waals surface area contributed by atoms with E-state index in [4.69, 9.17) is 9.84 Å². The number of thiophene rings is 1. The minimum atomic E-state index is -3.55. The van der Waals surface area contributed by atoms with Gasteiger partial charge >= 0.3 is 0 Å². The van der Waals surface area contributed by atoms with Crippen molar-refractivity contribution in [3.8, 4) is 0 Å². The highest BCUT2D eigenvalue weighted by atomic mass is 32.2. The van der Waals surface area contributed by atoms with Crippen LogP contribution in [0.15, 0.2) is 11.0 Å². The SMILES string of the molecule is Cc1sc(CO)cc1S(=O)(=O)NCC1CN(C)CCO1. The van der Waals surface area contributed by atoms with Gasteiger partial charge < -0.3 is 14.7 Å². The molecule has 2 heterocycles. The maximum atomic E-state index is 12.3. The Hall–Kier alpha value is -0.510. The van der Waals surface area contributed by atoms with E-state index in [1.165, 1.54) is 17.4 Å². The summed E-state index contributed by atoms with van der Waals surface area (Å²) >= 11 is 1.29. The van der Waals surface area contributed by atoms with Crippen LogP contribution >= 0.6 is 11.3 Å². The number of nitrogens with one attached hydrogen (secondary N) is 1. The zero-order chi connectivity index (χ0) is 14.8. The third kappa shape index (κ3) is 3.78. The van der Waals surface area contributed by atoms with Crippen LogP contribution in [0.4, 0.5) is 0 Å². The first kappa shape index (κ1) is 15.9. The summed E-state index contributed by atoms with van der Waals surface area (Å²) in [7, 11) is -1.56. The van der Waals surface area contributed by atoms with Gasteiger partial charge in [-0.15, -0.1) is 11.3 Å². The molecule has 20 heavy (non-hydrogen) atoms. The van der Waals surface area contributed by atoms with Crippen LogP contribution in [0.3, 0.4) is 0 Å². The molecule has 0 aromatic carbocycles. The van der Waals surface area contributed by atoms with Crippen molar-refractivity contribution in [3.05, 3.63) is 15.8 Å². The molecule has 6 nitrogen and oxygen atoms in total. The number of rotatable bonds is 5. The molecule has 1 unspecified atom stereocenters. The molecule has 1 saturated heterocycles. The van der Waals surface area contributed by atoms with Gasteiger partial charge in [0, 0.05) is 29.4 Å². The number of likely N-dealkylation sites (N-methyl/N-ethyl adjacent to an activating group) is 1. The molecular formula is C12H20N2O4S2. The minimum absolute atomic E-state index is 0.125. The summed E-state index contributed by atoms with van der Waals surface area (Å²) in [5, 5.41) is 9.07. The largest absolute Gasteiger partial charge is 0.391 e. The van der Waals surface area contributed by atoms with E-state index in [2.05, 4.69) is 9.62 Å². The van der Waals surface area contributed by atoms with E-state index in [9.17, 15) is 8.42 Å². The molecule has 1 aromatic heterocycles. The van der Waals surface area contributed by atoms with Crippen molar-refractivity contribution in [2.75, 3.05) is 33.3 Å². The first-order valence-electron chi connectivity index (χ1n) is 6.42. The lowest BCUT2D eigenvalue weighted by Gasteiger charge is -2.30. The molecule has 0 spiro atoms. The van der Waals surface area contributed by atoms with Crippen molar-refractivity contribution in [3.63, 3.8) is 0 Å². The summed E-state index contributed by atoms with van der Waals surface area (Å²) in [6.45, 7) is 4.06. The minimum Gasteiger partial charge on any atom is -0.391 e. The first-order chi connectivity index (χ1) is 9.42. The Morgan fingerprint density at radius 3 is 2.95 bits per heavy atom. The zero-order valence-electron chi connectivity index (χ0n) is 11.6.